The normalized spacial score (nSPS) is 11.4. The summed E-state index contributed by atoms with van der Waals surface area (Å²) in [5.41, 5.74) is 10.2. The molecule has 0 spiro atoms. The van der Waals surface area contributed by atoms with E-state index < -0.39 is 0 Å². The summed E-state index contributed by atoms with van der Waals surface area (Å²) in [5.74, 6) is 0.707. The fourth-order valence-electron chi connectivity index (χ4n) is 2.29. The molecule has 2 N–H and O–H groups in total. The van der Waals surface area contributed by atoms with E-state index in [1.165, 1.54) is 5.56 Å². The maximum absolute atomic E-state index is 6.00. The number of anilines is 1. The summed E-state index contributed by atoms with van der Waals surface area (Å²) in [5, 5.41) is 0. The smallest absolute Gasteiger partial charge is 0.145 e. The number of aromatic nitrogens is 2. The molecule has 0 saturated heterocycles. The van der Waals surface area contributed by atoms with Crippen molar-refractivity contribution in [2.75, 3.05) is 5.73 Å². The maximum atomic E-state index is 6.00. The van der Waals surface area contributed by atoms with Gasteiger partial charge in [0.15, 0.2) is 0 Å². The summed E-state index contributed by atoms with van der Waals surface area (Å²) in [6.07, 6.45) is 7.12. The Morgan fingerprint density at radius 1 is 1.15 bits per heavy atom. The van der Waals surface area contributed by atoms with E-state index in [0.29, 0.717) is 5.82 Å². The number of hydrogen-bond donors (Lipinski definition) is 1. The number of benzene rings is 1. The lowest BCUT2D eigenvalue weighted by molar-refractivity contribution is 1.19. The predicted molar refractivity (Wildman–Crippen MR) is 83.5 cm³/mol. The molecule has 2 aromatic heterocycles. The van der Waals surface area contributed by atoms with E-state index >= 15 is 0 Å². The monoisotopic (exact) mass is 263 g/mol. The second-order valence-electron chi connectivity index (χ2n) is 4.83. The summed E-state index contributed by atoms with van der Waals surface area (Å²) in [6.45, 7) is 1.93. The van der Waals surface area contributed by atoms with Crippen LogP contribution in [-0.4, -0.2) is 9.38 Å². The van der Waals surface area contributed by atoms with Gasteiger partial charge in [-0.3, -0.25) is 4.40 Å². The number of aryl methyl sites for hydroxylation is 1. The van der Waals surface area contributed by atoms with Crippen molar-refractivity contribution in [1.82, 2.24) is 9.38 Å². The second kappa shape index (κ2) is 5.21. The quantitative estimate of drug-likeness (QED) is 0.786. The summed E-state index contributed by atoms with van der Waals surface area (Å²) in [7, 11) is 0. The first-order valence-corrected chi connectivity index (χ1v) is 6.69. The van der Waals surface area contributed by atoms with Crippen LogP contribution in [0.4, 0.5) is 5.82 Å². The molecular weight excluding hydrogens is 246 g/mol. The molecule has 0 bridgehead atoms. The molecule has 0 fully saturated rings. The van der Waals surface area contributed by atoms with Crippen molar-refractivity contribution >= 4 is 17.5 Å². The summed E-state index contributed by atoms with van der Waals surface area (Å²) in [6, 6.07) is 14.5. The van der Waals surface area contributed by atoms with Gasteiger partial charge in [-0.25, -0.2) is 4.98 Å². The molecule has 0 radical (unpaired) electrons. The third kappa shape index (κ3) is 2.30. The van der Waals surface area contributed by atoms with Crippen molar-refractivity contribution in [3.8, 4) is 0 Å². The molecule has 0 amide bonds. The lowest BCUT2D eigenvalue weighted by Gasteiger charge is -1.99. The van der Waals surface area contributed by atoms with Gasteiger partial charge in [-0.15, -0.1) is 0 Å². The molecule has 3 nitrogen and oxygen atoms in total. The minimum atomic E-state index is 0.707. The van der Waals surface area contributed by atoms with E-state index in [9.17, 15) is 0 Å². The Kier molecular flexibility index (Phi) is 3.25. The molecule has 0 aliphatic carbocycles. The highest BCUT2D eigenvalue weighted by Crippen LogP contribution is 2.18. The molecule has 0 saturated carbocycles. The molecule has 3 rings (SSSR count). The van der Waals surface area contributed by atoms with Crippen LogP contribution < -0.4 is 5.73 Å². The lowest BCUT2D eigenvalue weighted by Crippen LogP contribution is -1.94. The van der Waals surface area contributed by atoms with Gasteiger partial charge in [0.25, 0.3) is 0 Å². The van der Waals surface area contributed by atoms with Gasteiger partial charge in [0.2, 0.25) is 0 Å². The molecule has 3 aromatic rings. The predicted octanol–water partition coefficient (Wildman–Crippen LogP) is 3.48. The molecule has 0 aliphatic heterocycles. The van der Waals surface area contributed by atoms with Crippen LogP contribution in [0.2, 0.25) is 0 Å². The van der Waals surface area contributed by atoms with Crippen LogP contribution in [0.25, 0.3) is 11.7 Å². The minimum Gasteiger partial charge on any atom is -0.383 e. The van der Waals surface area contributed by atoms with Gasteiger partial charge in [0.05, 0.1) is 5.69 Å². The van der Waals surface area contributed by atoms with Crippen molar-refractivity contribution in [3.63, 3.8) is 0 Å². The Bertz CT molecular complexity index is 755. The van der Waals surface area contributed by atoms with Gasteiger partial charge in [-0.05, 0) is 31.0 Å². The van der Waals surface area contributed by atoms with E-state index in [-0.39, 0.29) is 0 Å². The SMILES string of the molecule is Cc1nc2c(/C=C\Cc3ccccc3)cccn2c1N. The van der Waals surface area contributed by atoms with Gasteiger partial charge in [0, 0.05) is 11.8 Å². The Hall–Kier alpha value is -2.55. The van der Waals surface area contributed by atoms with Crippen LogP contribution >= 0.6 is 0 Å². The molecule has 100 valence electrons. The number of hydrogen-bond acceptors (Lipinski definition) is 2. The van der Waals surface area contributed by atoms with Crippen LogP contribution in [0.1, 0.15) is 16.8 Å². The first kappa shape index (κ1) is 12.5. The zero-order valence-corrected chi connectivity index (χ0v) is 11.5. The first-order chi connectivity index (χ1) is 9.75. The van der Waals surface area contributed by atoms with E-state index in [2.05, 4.69) is 47.5 Å². The zero-order chi connectivity index (χ0) is 13.9. The number of nitrogen functional groups attached to an aromatic ring is 1. The highest BCUT2D eigenvalue weighted by Gasteiger charge is 2.06. The average molecular weight is 263 g/mol. The summed E-state index contributed by atoms with van der Waals surface area (Å²) in [4.78, 5) is 4.53. The van der Waals surface area contributed by atoms with Crippen molar-refractivity contribution in [1.29, 1.82) is 0 Å². The third-order valence-electron chi connectivity index (χ3n) is 3.39. The summed E-state index contributed by atoms with van der Waals surface area (Å²) < 4.78 is 1.93. The van der Waals surface area contributed by atoms with Gasteiger partial charge in [0.1, 0.15) is 11.5 Å². The van der Waals surface area contributed by atoms with Gasteiger partial charge in [-0.2, -0.15) is 0 Å². The first-order valence-electron chi connectivity index (χ1n) is 6.69. The topological polar surface area (TPSA) is 43.3 Å². The zero-order valence-electron chi connectivity index (χ0n) is 11.5. The minimum absolute atomic E-state index is 0.707. The Balaban J connectivity index is 1.89. The van der Waals surface area contributed by atoms with Crippen molar-refractivity contribution < 1.29 is 0 Å². The maximum Gasteiger partial charge on any atom is 0.145 e. The highest BCUT2D eigenvalue weighted by molar-refractivity contribution is 5.68. The molecule has 0 unspecified atom stereocenters. The molecular formula is C17H17N3. The molecule has 2 heterocycles. The van der Waals surface area contributed by atoms with Gasteiger partial charge < -0.3 is 5.73 Å². The van der Waals surface area contributed by atoms with Gasteiger partial charge in [-0.1, -0.05) is 42.5 Å². The lowest BCUT2D eigenvalue weighted by atomic mass is 10.1. The van der Waals surface area contributed by atoms with Crippen LogP contribution in [0, 0.1) is 6.92 Å². The van der Waals surface area contributed by atoms with Crippen molar-refractivity contribution in [3.05, 3.63) is 71.6 Å². The van der Waals surface area contributed by atoms with Crippen LogP contribution in [-0.2, 0) is 6.42 Å². The highest BCUT2D eigenvalue weighted by atomic mass is 15.1. The number of rotatable bonds is 3. The molecule has 1 aromatic carbocycles. The molecule has 3 heteroatoms. The van der Waals surface area contributed by atoms with Crippen LogP contribution in [0.3, 0.4) is 0 Å². The van der Waals surface area contributed by atoms with Crippen molar-refractivity contribution in [2.24, 2.45) is 0 Å². The average Bonchev–Trinajstić information content (AvgIpc) is 2.77. The molecule has 0 atom stereocenters. The van der Waals surface area contributed by atoms with Gasteiger partial charge >= 0.3 is 0 Å². The fraction of sp³-hybridized carbons (Fsp3) is 0.118. The van der Waals surface area contributed by atoms with E-state index in [1.807, 2.05) is 29.7 Å². The fourth-order valence-corrected chi connectivity index (χ4v) is 2.29. The number of nitrogens with zero attached hydrogens (tertiary/aromatic N) is 2. The number of imidazole rings is 1. The largest absolute Gasteiger partial charge is 0.383 e. The number of allylic oxidation sites excluding steroid dienone is 1. The van der Waals surface area contributed by atoms with Crippen LogP contribution in [0.15, 0.2) is 54.7 Å². The Labute approximate surface area is 118 Å². The van der Waals surface area contributed by atoms with E-state index in [1.54, 1.807) is 0 Å². The second-order valence-corrected chi connectivity index (χ2v) is 4.83. The van der Waals surface area contributed by atoms with Crippen LogP contribution in [0.5, 0.6) is 0 Å². The number of pyridine rings is 1. The van der Waals surface area contributed by atoms with E-state index in [0.717, 1.165) is 23.3 Å². The Morgan fingerprint density at radius 2 is 1.95 bits per heavy atom. The van der Waals surface area contributed by atoms with E-state index in [4.69, 9.17) is 5.73 Å². The Morgan fingerprint density at radius 3 is 2.75 bits per heavy atom. The molecule has 20 heavy (non-hydrogen) atoms. The third-order valence-corrected chi connectivity index (χ3v) is 3.39. The summed E-state index contributed by atoms with van der Waals surface area (Å²) >= 11 is 0. The number of nitrogens with two attached hydrogens (primary N) is 1. The van der Waals surface area contributed by atoms with Crippen molar-refractivity contribution in [2.45, 2.75) is 13.3 Å². The standard InChI is InChI=1S/C17H17N3/c1-13-16(18)20-12-6-11-15(17(20)19-13)10-5-9-14-7-3-2-4-8-14/h2-8,10-12H,9,18H2,1H3/b10-5-. The number of fused-ring (bicyclic) bond motifs is 1. The molecule has 0 aliphatic rings.